The topological polar surface area (TPSA) is 73.9 Å². The molecule has 6 nitrogen and oxygen atoms in total. The van der Waals surface area contributed by atoms with Crippen LogP contribution in [0.1, 0.15) is 5.56 Å². The second-order valence-electron chi connectivity index (χ2n) is 6.67. The quantitative estimate of drug-likeness (QED) is 0.582. The summed E-state index contributed by atoms with van der Waals surface area (Å²) in [6.07, 6.45) is 3.43. The Morgan fingerprint density at radius 3 is 2.56 bits per heavy atom. The number of aromatic nitrogens is 3. The van der Waals surface area contributed by atoms with Crippen LogP contribution in [-0.4, -0.2) is 43.6 Å². The van der Waals surface area contributed by atoms with Crippen molar-refractivity contribution in [2.75, 3.05) is 14.1 Å². The molecule has 0 aliphatic heterocycles. The van der Waals surface area contributed by atoms with Gasteiger partial charge in [0.25, 0.3) is 0 Å². The summed E-state index contributed by atoms with van der Waals surface area (Å²) >= 11 is 0. The van der Waals surface area contributed by atoms with E-state index in [2.05, 4.69) is 4.98 Å². The molecule has 4 rings (SSSR count). The minimum atomic E-state index is -0.0708. The number of imidazole rings is 1. The molecule has 3 aromatic heterocycles. The number of para-hydroxylation sites is 1. The highest BCUT2D eigenvalue weighted by molar-refractivity contribution is 5.84. The fraction of sp³-hybridized carbons (Fsp3) is 0.143. The van der Waals surface area contributed by atoms with Gasteiger partial charge in [0.05, 0.1) is 16.6 Å². The summed E-state index contributed by atoms with van der Waals surface area (Å²) in [6.45, 7) is 0.624. The third kappa shape index (κ3) is 3.00. The van der Waals surface area contributed by atoms with E-state index in [1.165, 1.54) is 6.20 Å². The van der Waals surface area contributed by atoms with E-state index in [9.17, 15) is 10.2 Å². The highest BCUT2D eigenvalue weighted by atomic mass is 16.3. The van der Waals surface area contributed by atoms with Gasteiger partial charge in [-0.05, 0) is 44.4 Å². The van der Waals surface area contributed by atoms with Gasteiger partial charge in [-0.15, -0.1) is 0 Å². The van der Waals surface area contributed by atoms with E-state index in [0.717, 1.165) is 11.1 Å². The molecule has 0 unspecified atom stereocenters. The van der Waals surface area contributed by atoms with Crippen LogP contribution in [0.3, 0.4) is 0 Å². The molecular weight excluding hydrogens is 340 g/mol. The van der Waals surface area contributed by atoms with Crippen molar-refractivity contribution >= 4 is 5.52 Å². The maximum Gasteiger partial charge on any atom is 0.220 e. The standard InChI is InChI=1S/C21H20N4O2/c1-24(2)13-14-7-5-8-16(19(14)26)20-23-18(15-9-6-11-22-21(15)27)17-10-3-4-12-25(17)20/h3-12,26H,13H2,1-2H3,(H,22,27). The van der Waals surface area contributed by atoms with Gasteiger partial charge in [-0.3, -0.25) is 4.40 Å². The zero-order chi connectivity index (χ0) is 19.0. The fourth-order valence-corrected chi connectivity index (χ4v) is 3.25. The van der Waals surface area contributed by atoms with Crippen LogP contribution in [0.5, 0.6) is 11.6 Å². The van der Waals surface area contributed by atoms with Gasteiger partial charge < -0.3 is 15.1 Å². The van der Waals surface area contributed by atoms with Gasteiger partial charge in [-0.25, -0.2) is 9.97 Å². The smallest absolute Gasteiger partial charge is 0.220 e. The first kappa shape index (κ1) is 17.1. The van der Waals surface area contributed by atoms with Gasteiger partial charge in [-0.1, -0.05) is 18.2 Å². The summed E-state index contributed by atoms with van der Waals surface area (Å²) in [5.41, 5.74) is 3.47. The molecule has 4 aromatic rings. The highest BCUT2D eigenvalue weighted by Gasteiger charge is 2.19. The first-order chi connectivity index (χ1) is 13.1. The number of pyridine rings is 2. The highest BCUT2D eigenvalue weighted by Crippen LogP contribution is 2.37. The Balaban J connectivity index is 1.96. The van der Waals surface area contributed by atoms with Gasteiger partial charge in [0.1, 0.15) is 17.3 Å². The van der Waals surface area contributed by atoms with E-state index in [0.29, 0.717) is 29.2 Å². The van der Waals surface area contributed by atoms with Crippen molar-refractivity contribution in [3.8, 4) is 34.3 Å². The number of rotatable bonds is 4. The molecule has 1 aromatic carbocycles. The molecule has 0 amide bonds. The molecule has 0 fully saturated rings. The molecule has 136 valence electrons. The average Bonchev–Trinajstić information content (AvgIpc) is 3.03. The van der Waals surface area contributed by atoms with Gasteiger partial charge in [-0.2, -0.15) is 0 Å². The van der Waals surface area contributed by atoms with Crippen molar-refractivity contribution in [3.05, 3.63) is 66.5 Å². The molecule has 2 N–H and O–H groups in total. The zero-order valence-corrected chi connectivity index (χ0v) is 15.2. The maximum absolute atomic E-state index is 10.8. The number of hydrogen-bond acceptors (Lipinski definition) is 5. The number of fused-ring (bicyclic) bond motifs is 1. The van der Waals surface area contributed by atoms with Crippen molar-refractivity contribution in [1.82, 2.24) is 19.3 Å². The van der Waals surface area contributed by atoms with E-state index in [1.807, 2.05) is 66.0 Å². The molecule has 3 heterocycles. The Bertz CT molecular complexity index is 1120. The first-order valence-corrected chi connectivity index (χ1v) is 8.63. The lowest BCUT2D eigenvalue weighted by Crippen LogP contribution is -2.10. The van der Waals surface area contributed by atoms with E-state index in [4.69, 9.17) is 4.98 Å². The van der Waals surface area contributed by atoms with Crippen LogP contribution in [-0.2, 0) is 6.54 Å². The number of nitrogens with zero attached hydrogens (tertiary/aromatic N) is 4. The predicted molar refractivity (Wildman–Crippen MR) is 105 cm³/mol. The summed E-state index contributed by atoms with van der Waals surface area (Å²) in [4.78, 5) is 10.7. The molecule has 6 heteroatoms. The van der Waals surface area contributed by atoms with Crippen molar-refractivity contribution in [2.24, 2.45) is 0 Å². The van der Waals surface area contributed by atoms with Crippen LogP contribution < -0.4 is 0 Å². The number of aromatic hydroxyl groups is 2. The lowest BCUT2D eigenvalue weighted by Gasteiger charge is -2.13. The molecule has 0 aliphatic carbocycles. The second kappa shape index (κ2) is 6.74. The Morgan fingerprint density at radius 1 is 0.963 bits per heavy atom. The number of benzene rings is 1. The molecule has 0 radical (unpaired) electrons. The van der Waals surface area contributed by atoms with Gasteiger partial charge in [0.2, 0.25) is 5.88 Å². The van der Waals surface area contributed by atoms with Crippen molar-refractivity contribution in [3.63, 3.8) is 0 Å². The van der Waals surface area contributed by atoms with Gasteiger partial charge >= 0.3 is 0 Å². The molecule has 27 heavy (non-hydrogen) atoms. The van der Waals surface area contributed by atoms with Crippen LogP contribution in [0.4, 0.5) is 0 Å². The summed E-state index contributed by atoms with van der Waals surface area (Å²) in [7, 11) is 3.92. The Kier molecular flexibility index (Phi) is 4.25. The van der Waals surface area contributed by atoms with Crippen molar-refractivity contribution < 1.29 is 10.2 Å². The van der Waals surface area contributed by atoms with Gasteiger partial charge in [0.15, 0.2) is 0 Å². The Labute approximate surface area is 157 Å². The number of hydrogen-bond donors (Lipinski definition) is 2. The summed E-state index contributed by atoms with van der Waals surface area (Å²) in [5.74, 6) is 0.754. The molecule has 0 atom stereocenters. The first-order valence-electron chi connectivity index (χ1n) is 8.63. The second-order valence-corrected chi connectivity index (χ2v) is 6.67. The molecule has 0 saturated carbocycles. The predicted octanol–water partition coefficient (Wildman–Crippen LogP) is 3.54. The summed E-state index contributed by atoms with van der Waals surface area (Å²) in [6, 6.07) is 15.0. The zero-order valence-electron chi connectivity index (χ0n) is 15.2. The Hall–Kier alpha value is -3.38. The van der Waals surface area contributed by atoms with Crippen LogP contribution in [0.15, 0.2) is 60.9 Å². The van der Waals surface area contributed by atoms with Crippen molar-refractivity contribution in [2.45, 2.75) is 6.54 Å². The SMILES string of the molecule is CN(C)Cc1cccc(-c2nc(-c3cccnc3O)c3ccccn23)c1O. The fourth-order valence-electron chi connectivity index (χ4n) is 3.25. The molecule has 0 saturated heterocycles. The van der Waals surface area contributed by atoms with E-state index in [1.54, 1.807) is 12.1 Å². The van der Waals surface area contributed by atoms with E-state index >= 15 is 0 Å². The largest absolute Gasteiger partial charge is 0.507 e. The Morgan fingerprint density at radius 2 is 1.78 bits per heavy atom. The minimum Gasteiger partial charge on any atom is -0.507 e. The third-order valence-electron chi connectivity index (χ3n) is 4.44. The molecule has 0 aliphatic rings. The van der Waals surface area contributed by atoms with E-state index < -0.39 is 0 Å². The normalized spacial score (nSPS) is 11.4. The minimum absolute atomic E-state index is 0.0708. The summed E-state index contributed by atoms with van der Waals surface area (Å²) < 4.78 is 1.91. The van der Waals surface area contributed by atoms with Gasteiger partial charge in [0, 0.05) is 24.5 Å². The lowest BCUT2D eigenvalue weighted by atomic mass is 10.1. The van der Waals surface area contributed by atoms with Crippen molar-refractivity contribution in [1.29, 1.82) is 0 Å². The summed E-state index contributed by atoms with van der Waals surface area (Å²) in [5, 5.41) is 21.0. The average molecular weight is 360 g/mol. The van der Waals surface area contributed by atoms with E-state index in [-0.39, 0.29) is 11.6 Å². The maximum atomic E-state index is 10.8. The molecule has 0 bridgehead atoms. The van der Waals surface area contributed by atoms with Crippen LogP contribution >= 0.6 is 0 Å². The molecule has 0 spiro atoms. The lowest BCUT2D eigenvalue weighted by molar-refractivity contribution is 0.386. The van der Waals surface area contributed by atoms with Crippen LogP contribution in [0.2, 0.25) is 0 Å². The van der Waals surface area contributed by atoms with Crippen LogP contribution in [0, 0.1) is 0 Å². The number of phenolic OH excluding ortho intramolecular Hbond substituents is 1. The molecular formula is C21H20N4O2. The third-order valence-corrected chi connectivity index (χ3v) is 4.44. The van der Waals surface area contributed by atoms with Crippen LogP contribution in [0.25, 0.3) is 28.2 Å². The number of phenols is 1. The monoisotopic (exact) mass is 360 g/mol.